The van der Waals surface area contributed by atoms with Gasteiger partial charge in [0.05, 0.1) is 11.0 Å². The van der Waals surface area contributed by atoms with Gasteiger partial charge in [-0.3, -0.25) is 4.57 Å². The highest BCUT2D eigenvalue weighted by molar-refractivity contribution is 6.14. The van der Waals surface area contributed by atoms with Crippen molar-refractivity contribution >= 4 is 21.8 Å². The average molecular weight is 731 g/mol. The molecule has 0 saturated carbocycles. The molecule has 57 heavy (non-hydrogen) atoms. The smallest absolute Gasteiger partial charge is 0.168 e. The number of hydrogen-bond donors (Lipinski definition) is 0. The summed E-state index contributed by atoms with van der Waals surface area (Å²) in [5.74, 6) is 1.61. The van der Waals surface area contributed by atoms with Gasteiger partial charge in [-0.1, -0.05) is 172 Å². The number of fused-ring (bicyclic) bond motifs is 6. The zero-order chi connectivity index (χ0) is 38.1. The minimum Gasteiger partial charge on any atom is -0.309 e. The van der Waals surface area contributed by atoms with Gasteiger partial charge in [-0.25, -0.2) is 0 Å². The molecular formula is C53H38N4. The van der Waals surface area contributed by atoms with E-state index in [0.29, 0.717) is 0 Å². The third-order valence-electron chi connectivity index (χ3n) is 11.9. The molecule has 1 aliphatic rings. The Labute approximate surface area is 332 Å². The van der Waals surface area contributed by atoms with Gasteiger partial charge in [-0.2, -0.15) is 0 Å². The number of benzene rings is 8. The molecule has 11 rings (SSSR count). The molecule has 0 saturated heterocycles. The van der Waals surface area contributed by atoms with Gasteiger partial charge in [-0.15, -0.1) is 10.2 Å². The molecule has 0 radical (unpaired) electrons. The van der Waals surface area contributed by atoms with Crippen LogP contribution >= 0.6 is 0 Å². The van der Waals surface area contributed by atoms with E-state index in [0.717, 1.165) is 34.2 Å². The van der Waals surface area contributed by atoms with Crippen LogP contribution in [0.5, 0.6) is 0 Å². The normalized spacial score (nSPS) is 12.9. The molecule has 4 nitrogen and oxygen atoms in total. The lowest BCUT2D eigenvalue weighted by Gasteiger charge is -2.22. The van der Waals surface area contributed by atoms with E-state index >= 15 is 0 Å². The summed E-state index contributed by atoms with van der Waals surface area (Å²) in [6.07, 6.45) is 0. The standard InChI is InChI=1S/C53H38N4/c1-53(2)47-26-13-11-22-42(47)43-33-28-37(34-48(43)53)40-20-9-10-21-41(40)45-24-15-25-46-44-23-12-14-27-49(44)56(50(45)46)38-29-31-39(32-30-38)57-51(35-16-5-3-6-17-35)54-55-52(57)36-18-7-4-8-19-36/h3-34H,1-2H3. The van der Waals surface area contributed by atoms with Crippen LogP contribution in [-0.4, -0.2) is 19.3 Å². The molecule has 0 fully saturated rings. The number of para-hydroxylation sites is 2. The zero-order valence-electron chi connectivity index (χ0n) is 31.8. The lowest BCUT2D eigenvalue weighted by molar-refractivity contribution is 0.660. The van der Waals surface area contributed by atoms with Gasteiger partial charge in [0.2, 0.25) is 0 Å². The predicted octanol–water partition coefficient (Wildman–Crippen LogP) is 13.3. The SMILES string of the molecule is CC1(C)c2ccccc2-c2ccc(-c3ccccc3-c3cccc4c5ccccc5n(-c5ccc(-n6c(-c7ccccc7)nnc6-c6ccccc6)cc5)c34)cc21. The van der Waals surface area contributed by atoms with Gasteiger partial charge in [0.25, 0.3) is 0 Å². The van der Waals surface area contributed by atoms with Gasteiger partial charge >= 0.3 is 0 Å². The van der Waals surface area contributed by atoms with Crippen molar-refractivity contribution in [3.05, 3.63) is 205 Å². The molecule has 0 bridgehead atoms. The van der Waals surface area contributed by atoms with E-state index in [-0.39, 0.29) is 5.41 Å². The molecule has 0 aliphatic heterocycles. The summed E-state index contributed by atoms with van der Waals surface area (Å²) in [5, 5.41) is 11.9. The summed E-state index contributed by atoms with van der Waals surface area (Å²) < 4.78 is 4.60. The Kier molecular flexibility index (Phi) is 7.48. The third-order valence-corrected chi connectivity index (χ3v) is 11.9. The Bertz CT molecular complexity index is 3080. The van der Waals surface area contributed by atoms with Crippen LogP contribution in [0.25, 0.3) is 89.3 Å². The average Bonchev–Trinajstić information content (AvgIpc) is 3.93. The molecule has 8 aromatic carbocycles. The van der Waals surface area contributed by atoms with Crippen LogP contribution in [0, 0.1) is 0 Å². The van der Waals surface area contributed by atoms with Crippen molar-refractivity contribution < 1.29 is 0 Å². The quantitative estimate of drug-likeness (QED) is 0.171. The Morgan fingerprint density at radius 2 is 0.895 bits per heavy atom. The van der Waals surface area contributed by atoms with Gasteiger partial charge in [0.15, 0.2) is 11.6 Å². The van der Waals surface area contributed by atoms with E-state index in [1.165, 1.54) is 66.3 Å². The molecule has 0 unspecified atom stereocenters. The van der Waals surface area contributed by atoms with Crippen molar-refractivity contribution in [2.75, 3.05) is 0 Å². The summed E-state index contributed by atoms with van der Waals surface area (Å²) in [5.41, 5.74) is 16.7. The zero-order valence-corrected chi connectivity index (χ0v) is 31.8. The number of nitrogens with zero attached hydrogens (tertiary/aromatic N) is 4. The highest BCUT2D eigenvalue weighted by Gasteiger charge is 2.35. The second-order valence-corrected chi connectivity index (χ2v) is 15.5. The largest absolute Gasteiger partial charge is 0.309 e. The Hall–Kier alpha value is -7.30. The van der Waals surface area contributed by atoms with Crippen molar-refractivity contribution in [2.24, 2.45) is 0 Å². The fraction of sp³-hybridized carbons (Fsp3) is 0.0566. The predicted molar refractivity (Wildman–Crippen MR) is 235 cm³/mol. The molecule has 0 N–H and O–H groups in total. The van der Waals surface area contributed by atoms with Crippen LogP contribution in [0.2, 0.25) is 0 Å². The molecule has 2 heterocycles. The van der Waals surface area contributed by atoms with E-state index < -0.39 is 0 Å². The van der Waals surface area contributed by atoms with Gasteiger partial charge in [0, 0.05) is 44.3 Å². The third kappa shape index (κ3) is 5.14. The van der Waals surface area contributed by atoms with Crippen LogP contribution < -0.4 is 0 Å². The number of aromatic nitrogens is 4. The molecule has 0 spiro atoms. The maximum Gasteiger partial charge on any atom is 0.168 e. The van der Waals surface area contributed by atoms with E-state index in [9.17, 15) is 0 Å². The lowest BCUT2D eigenvalue weighted by Crippen LogP contribution is -2.14. The topological polar surface area (TPSA) is 35.6 Å². The first-order chi connectivity index (χ1) is 28.1. The Balaban J connectivity index is 1.08. The summed E-state index contributed by atoms with van der Waals surface area (Å²) >= 11 is 0. The maximum absolute atomic E-state index is 4.72. The molecule has 0 atom stereocenters. The van der Waals surface area contributed by atoms with Gasteiger partial charge in [0.1, 0.15) is 0 Å². The summed E-state index contributed by atoms with van der Waals surface area (Å²) in [6, 6.07) is 69.8. The van der Waals surface area contributed by atoms with Crippen molar-refractivity contribution in [2.45, 2.75) is 19.3 Å². The second kappa shape index (κ2) is 12.9. The highest BCUT2D eigenvalue weighted by atomic mass is 15.3. The second-order valence-electron chi connectivity index (χ2n) is 15.5. The molecule has 2 aromatic heterocycles. The minimum atomic E-state index is -0.0774. The van der Waals surface area contributed by atoms with Crippen molar-refractivity contribution in [3.63, 3.8) is 0 Å². The van der Waals surface area contributed by atoms with Crippen LogP contribution in [0.15, 0.2) is 194 Å². The maximum atomic E-state index is 4.72. The summed E-state index contributed by atoms with van der Waals surface area (Å²) in [4.78, 5) is 0. The molecule has 270 valence electrons. The molecule has 1 aliphatic carbocycles. The van der Waals surface area contributed by atoms with Gasteiger partial charge in [-0.05, 0) is 75.3 Å². The lowest BCUT2D eigenvalue weighted by atomic mass is 9.81. The summed E-state index contributed by atoms with van der Waals surface area (Å²) in [6.45, 7) is 4.71. The fourth-order valence-corrected chi connectivity index (χ4v) is 9.17. The molecule has 4 heteroatoms. The first-order valence-corrected chi connectivity index (χ1v) is 19.6. The van der Waals surface area contributed by atoms with Crippen molar-refractivity contribution in [1.29, 1.82) is 0 Å². The van der Waals surface area contributed by atoms with E-state index in [4.69, 9.17) is 10.2 Å². The highest BCUT2D eigenvalue weighted by Crippen LogP contribution is 2.50. The van der Waals surface area contributed by atoms with E-state index in [1.807, 2.05) is 36.4 Å². The van der Waals surface area contributed by atoms with Crippen LogP contribution in [-0.2, 0) is 5.41 Å². The molecule has 10 aromatic rings. The minimum absolute atomic E-state index is 0.0774. The van der Waals surface area contributed by atoms with Gasteiger partial charge < -0.3 is 4.57 Å². The Morgan fingerprint density at radius 3 is 1.60 bits per heavy atom. The van der Waals surface area contributed by atoms with E-state index in [1.54, 1.807) is 0 Å². The fourth-order valence-electron chi connectivity index (χ4n) is 9.17. The molecular weight excluding hydrogens is 693 g/mol. The number of hydrogen-bond acceptors (Lipinski definition) is 2. The first-order valence-electron chi connectivity index (χ1n) is 19.6. The van der Waals surface area contributed by atoms with Crippen molar-refractivity contribution in [1.82, 2.24) is 19.3 Å². The number of rotatable bonds is 6. The first kappa shape index (κ1) is 33.1. The van der Waals surface area contributed by atoms with Crippen molar-refractivity contribution in [3.8, 4) is 67.5 Å². The van der Waals surface area contributed by atoms with Crippen LogP contribution in [0.1, 0.15) is 25.0 Å². The molecule has 0 amide bonds. The van der Waals surface area contributed by atoms with E-state index in [2.05, 4.69) is 181 Å². The van der Waals surface area contributed by atoms with Crippen LogP contribution in [0.4, 0.5) is 0 Å². The van der Waals surface area contributed by atoms with Crippen LogP contribution in [0.3, 0.4) is 0 Å². The monoisotopic (exact) mass is 730 g/mol. The Morgan fingerprint density at radius 1 is 0.368 bits per heavy atom. The summed E-state index contributed by atoms with van der Waals surface area (Å²) in [7, 11) is 0.